The minimum absolute atomic E-state index is 0.501. The molecule has 0 spiro atoms. The fourth-order valence-electron chi connectivity index (χ4n) is 3.57. The summed E-state index contributed by atoms with van der Waals surface area (Å²) in [5.41, 5.74) is 8.02. The van der Waals surface area contributed by atoms with Crippen molar-refractivity contribution in [2.24, 2.45) is 0 Å². The van der Waals surface area contributed by atoms with Crippen molar-refractivity contribution >= 4 is 5.69 Å². The predicted molar refractivity (Wildman–Crippen MR) is 80.1 cm³/mol. The maximum Gasteiger partial charge on any atom is 0.0320 e. The van der Waals surface area contributed by atoms with Gasteiger partial charge in [-0.05, 0) is 57.0 Å². The van der Waals surface area contributed by atoms with Crippen molar-refractivity contribution in [2.45, 2.75) is 38.3 Å². The number of hydrogen-bond acceptors (Lipinski definition) is 3. The van der Waals surface area contributed by atoms with Crippen molar-refractivity contribution in [3.8, 4) is 0 Å². The summed E-state index contributed by atoms with van der Waals surface area (Å²) in [6.45, 7) is 7.38. The number of rotatable bonds is 2. The molecule has 0 aliphatic carbocycles. The molecule has 2 fully saturated rings. The summed E-state index contributed by atoms with van der Waals surface area (Å²) in [5, 5.41) is 0. The lowest BCUT2D eigenvalue weighted by Crippen LogP contribution is -2.37. The van der Waals surface area contributed by atoms with Gasteiger partial charge in [-0.2, -0.15) is 0 Å². The molecular weight excluding hydrogens is 234 g/mol. The Balaban J connectivity index is 1.71. The summed E-state index contributed by atoms with van der Waals surface area (Å²) < 4.78 is 0. The first-order valence-electron chi connectivity index (χ1n) is 7.57. The number of fused-ring (bicyclic) bond motifs is 1. The van der Waals surface area contributed by atoms with Gasteiger partial charge in [0.15, 0.2) is 0 Å². The zero-order chi connectivity index (χ0) is 13.2. The largest absolute Gasteiger partial charge is 0.399 e. The van der Waals surface area contributed by atoms with Gasteiger partial charge in [-0.1, -0.05) is 12.1 Å². The van der Waals surface area contributed by atoms with E-state index >= 15 is 0 Å². The van der Waals surface area contributed by atoms with Crippen LogP contribution in [0.2, 0.25) is 0 Å². The molecule has 104 valence electrons. The molecule has 2 heterocycles. The minimum atomic E-state index is 0.501. The second-order valence-corrected chi connectivity index (χ2v) is 6.02. The normalized spacial score (nSPS) is 26.9. The van der Waals surface area contributed by atoms with E-state index in [0.717, 1.165) is 11.7 Å². The summed E-state index contributed by atoms with van der Waals surface area (Å²) in [7, 11) is 0. The topological polar surface area (TPSA) is 32.5 Å². The Morgan fingerprint density at radius 1 is 1.11 bits per heavy atom. The number of hydrogen-bond donors (Lipinski definition) is 1. The Morgan fingerprint density at radius 2 is 1.84 bits per heavy atom. The highest BCUT2D eigenvalue weighted by molar-refractivity contribution is 5.40. The van der Waals surface area contributed by atoms with E-state index in [1.807, 2.05) is 12.1 Å². The van der Waals surface area contributed by atoms with E-state index < -0.39 is 0 Å². The quantitative estimate of drug-likeness (QED) is 0.828. The molecule has 2 unspecified atom stereocenters. The first kappa shape index (κ1) is 12.9. The fraction of sp³-hybridized carbons (Fsp3) is 0.625. The van der Waals surface area contributed by atoms with E-state index in [1.165, 1.54) is 51.0 Å². The number of nitrogen functional groups attached to an aromatic ring is 1. The van der Waals surface area contributed by atoms with Gasteiger partial charge >= 0.3 is 0 Å². The SMILES string of the molecule is CC(c1ccc(N)cc1)N1CCCN2CCCC2C1. The molecule has 0 amide bonds. The van der Waals surface area contributed by atoms with Gasteiger partial charge in [0, 0.05) is 30.9 Å². The summed E-state index contributed by atoms with van der Waals surface area (Å²) >= 11 is 0. The number of anilines is 1. The van der Waals surface area contributed by atoms with Crippen LogP contribution in [0.1, 0.15) is 37.8 Å². The molecule has 1 aromatic rings. The highest BCUT2D eigenvalue weighted by atomic mass is 15.3. The van der Waals surface area contributed by atoms with E-state index in [-0.39, 0.29) is 0 Å². The maximum atomic E-state index is 5.78. The highest BCUT2D eigenvalue weighted by Gasteiger charge is 2.30. The van der Waals surface area contributed by atoms with Crippen molar-refractivity contribution < 1.29 is 0 Å². The van der Waals surface area contributed by atoms with E-state index in [2.05, 4.69) is 28.9 Å². The average molecular weight is 259 g/mol. The maximum absolute atomic E-state index is 5.78. The van der Waals surface area contributed by atoms with Gasteiger partial charge in [0.1, 0.15) is 0 Å². The van der Waals surface area contributed by atoms with Crippen LogP contribution >= 0.6 is 0 Å². The third kappa shape index (κ3) is 2.77. The molecule has 3 nitrogen and oxygen atoms in total. The van der Waals surface area contributed by atoms with Crippen molar-refractivity contribution in [2.75, 3.05) is 31.9 Å². The fourth-order valence-corrected chi connectivity index (χ4v) is 3.57. The van der Waals surface area contributed by atoms with Crippen LogP contribution in [0.5, 0.6) is 0 Å². The first-order chi connectivity index (χ1) is 9.24. The lowest BCUT2D eigenvalue weighted by atomic mass is 10.1. The third-order valence-corrected chi connectivity index (χ3v) is 4.80. The molecule has 2 atom stereocenters. The third-order valence-electron chi connectivity index (χ3n) is 4.80. The zero-order valence-corrected chi connectivity index (χ0v) is 11.9. The van der Waals surface area contributed by atoms with Crippen LogP contribution in [0, 0.1) is 0 Å². The lowest BCUT2D eigenvalue weighted by molar-refractivity contribution is 0.182. The predicted octanol–water partition coefficient (Wildman–Crippen LogP) is 2.50. The van der Waals surface area contributed by atoms with Crippen LogP contribution in [0.4, 0.5) is 5.69 Å². The van der Waals surface area contributed by atoms with E-state index in [0.29, 0.717) is 6.04 Å². The van der Waals surface area contributed by atoms with E-state index in [4.69, 9.17) is 5.73 Å². The van der Waals surface area contributed by atoms with Gasteiger partial charge < -0.3 is 5.73 Å². The van der Waals surface area contributed by atoms with Crippen LogP contribution in [-0.2, 0) is 0 Å². The summed E-state index contributed by atoms with van der Waals surface area (Å²) in [6, 6.07) is 9.69. The molecule has 2 aliphatic heterocycles. The molecule has 0 bridgehead atoms. The van der Waals surface area contributed by atoms with E-state index in [9.17, 15) is 0 Å². The molecule has 0 radical (unpaired) electrons. The smallest absolute Gasteiger partial charge is 0.0320 e. The number of benzene rings is 1. The van der Waals surface area contributed by atoms with Crippen molar-refractivity contribution in [1.29, 1.82) is 0 Å². The molecule has 2 aliphatic rings. The average Bonchev–Trinajstić information content (AvgIpc) is 2.76. The van der Waals surface area contributed by atoms with Crippen LogP contribution in [0.25, 0.3) is 0 Å². The van der Waals surface area contributed by atoms with Crippen molar-refractivity contribution in [1.82, 2.24) is 9.80 Å². The van der Waals surface area contributed by atoms with E-state index in [1.54, 1.807) is 0 Å². The van der Waals surface area contributed by atoms with Crippen molar-refractivity contribution in [3.63, 3.8) is 0 Å². The lowest BCUT2D eigenvalue weighted by Gasteiger charge is -2.31. The van der Waals surface area contributed by atoms with Crippen LogP contribution < -0.4 is 5.73 Å². The summed E-state index contributed by atoms with van der Waals surface area (Å²) in [6.07, 6.45) is 4.07. The van der Waals surface area contributed by atoms with Gasteiger partial charge in [-0.15, -0.1) is 0 Å². The Morgan fingerprint density at radius 3 is 2.63 bits per heavy atom. The second kappa shape index (κ2) is 5.51. The number of nitrogens with zero attached hydrogens (tertiary/aromatic N) is 2. The highest BCUT2D eigenvalue weighted by Crippen LogP contribution is 2.27. The van der Waals surface area contributed by atoms with Gasteiger partial charge in [0.2, 0.25) is 0 Å². The molecule has 19 heavy (non-hydrogen) atoms. The molecule has 0 saturated carbocycles. The van der Waals surface area contributed by atoms with Crippen LogP contribution in [-0.4, -0.2) is 42.0 Å². The molecular formula is C16H25N3. The first-order valence-corrected chi connectivity index (χ1v) is 7.57. The van der Waals surface area contributed by atoms with Gasteiger partial charge in [-0.25, -0.2) is 0 Å². The Kier molecular flexibility index (Phi) is 3.76. The number of nitrogens with two attached hydrogens (primary N) is 1. The summed E-state index contributed by atoms with van der Waals surface area (Å²) in [4.78, 5) is 5.34. The molecule has 0 aromatic heterocycles. The van der Waals surface area contributed by atoms with Crippen molar-refractivity contribution in [3.05, 3.63) is 29.8 Å². The van der Waals surface area contributed by atoms with Gasteiger partial charge in [-0.3, -0.25) is 9.80 Å². The molecule has 1 aromatic carbocycles. The van der Waals surface area contributed by atoms with Gasteiger partial charge in [0.05, 0.1) is 0 Å². The zero-order valence-electron chi connectivity index (χ0n) is 11.9. The standard InChI is InChI=1S/C16H25N3/c1-13(14-5-7-15(17)8-6-14)19-11-3-10-18-9-2-4-16(18)12-19/h5-8,13,16H,2-4,9-12,17H2,1H3. The second-order valence-electron chi connectivity index (χ2n) is 6.02. The monoisotopic (exact) mass is 259 g/mol. The molecule has 3 rings (SSSR count). The Bertz CT molecular complexity index is 415. The molecule has 2 saturated heterocycles. The van der Waals surface area contributed by atoms with Crippen LogP contribution in [0.3, 0.4) is 0 Å². The molecule has 3 heteroatoms. The Labute approximate surface area is 116 Å². The van der Waals surface area contributed by atoms with Gasteiger partial charge in [0.25, 0.3) is 0 Å². The summed E-state index contributed by atoms with van der Waals surface area (Å²) in [5.74, 6) is 0. The molecule has 2 N–H and O–H groups in total. The van der Waals surface area contributed by atoms with Crippen LogP contribution in [0.15, 0.2) is 24.3 Å². The Hall–Kier alpha value is -1.06. The minimum Gasteiger partial charge on any atom is -0.399 e.